The van der Waals surface area contributed by atoms with E-state index in [1.165, 1.54) is 30.7 Å². The van der Waals surface area contributed by atoms with E-state index < -0.39 is 0 Å². The summed E-state index contributed by atoms with van der Waals surface area (Å²) < 4.78 is 0.396. The molecule has 0 aromatic carbocycles. The minimum absolute atomic E-state index is 0.396. The molecule has 1 aliphatic carbocycles. The third kappa shape index (κ3) is 3.30. The Labute approximate surface area is 102 Å². The first-order chi connectivity index (χ1) is 7.25. The molecule has 3 heteroatoms. The molecule has 15 heavy (non-hydrogen) atoms. The summed E-state index contributed by atoms with van der Waals surface area (Å²) in [6, 6.07) is 0. The van der Waals surface area contributed by atoms with Gasteiger partial charge in [-0.2, -0.15) is 0 Å². The number of rotatable bonds is 2. The van der Waals surface area contributed by atoms with Gasteiger partial charge >= 0.3 is 0 Å². The van der Waals surface area contributed by atoms with Crippen LogP contribution < -0.4 is 0 Å². The Balaban J connectivity index is 1.88. The summed E-state index contributed by atoms with van der Waals surface area (Å²) in [7, 11) is 0. The van der Waals surface area contributed by atoms with Gasteiger partial charge < -0.3 is 0 Å². The SMILES string of the molecule is CC1C=CC(CN2CCCSC2S)=CC1. The second-order valence-corrected chi connectivity index (χ2v) is 6.40. The monoisotopic (exact) mass is 241 g/mol. The van der Waals surface area contributed by atoms with Crippen LogP contribution in [0.5, 0.6) is 0 Å². The van der Waals surface area contributed by atoms with E-state index >= 15 is 0 Å². The lowest BCUT2D eigenvalue weighted by Crippen LogP contribution is -2.35. The van der Waals surface area contributed by atoms with Crippen LogP contribution in [-0.4, -0.2) is 28.4 Å². The molecule has 2 atom stereocenters. The molecule has 1 saturated heterocycles. The molecule has 2 unspecified atom stereocenters. The quantitative estimate of drug-likeness (QED) is 0.740. The molecule has 0 spiro atoms. The van der Waals surface area contributed by atoms with Crippen LogP contribution in [0.4, 0.5) is 0 Å². The Bertz CT molecular complexity index is 273. The Morgan fingerprint density at radius 2 is 2.47 bits per heavy atom. The normalized spacial score (nSPS) is 32.8. The number of hydrogen-bond donors (Lipinski definition) is 1. The molecule has 0 amide bonds. The summed E-state index contributed by atoms with van der Waals surface area (Å²) in [5, 5.41) is 0. The van der Waals surface area contributed by atoms with Gasteiger partial charge in [0.2, 0.25) is 0 Å². The molecular formula is C12H19NS2. The van der Waals surface area contributed by atoms with Gasteiger partial charge in [0, 0.05) is 13.1 Å². The van der Waals surface area contributed by atoms with Crippen LogP contribution in [0.2, 0.25) is 0 Å². The van der Waals surface area contributed by atoms with Crippen molar-refractivity contribution < 1.29 is 0 Å². The van der Waals surface area contributed by atoms with E-state index in [2.05, 4.69) is 42.7 Å². The Kier molecular flexibility index (Phi) is 4.23. The van der Waals surface area contributed by atoms with Gasteiger partial charge in [0.15, 0.2) is 0 Å². The number of nitrogens with zero attached hydrogens (tertiary/aromatic N) is 1. The average molecular weight is 241 g/mol. The van der Waals surface area contributed by atoms with Crippen molar-refractivity contribution in [3.63, 3.8) is 0 Å². The molecule has 1 heterocycles. The largest absolute Gasteiger partial charge is 0.279 e. The van der Waals surface area contributed by atoms with E-state index in [1.54, 1.807) is 0 Å². The third-order valence-corrected chi connectivity index (χ3v) is 4.84. The fourth-order valence-electron chi connectivity index (χ4n) is 1.95. The third-order valence-electron chi connectivity index (χ3n) is 2.95. The van der Waals surface area contributed by atoms with Crippen LogP contribution in [0, 0.1) is 5.92 Å². The topological polar surface area (TPSA) is 3.24 Å². The molecule has 0 aromatic heterocycles. The summed E-state index contributed by atoms with van der Waals surface area (Å²) in [6.07, 6.45) is 9.48. The van der Waals surface area contributed by atoms with Crippen LogP contribution in [-0.2, 0) is 0 Å². The molecule has 0 radical (unpaired) electrons. The molecule has 1 nitrogen and oxygen atoms in total. The van der Waals surface area contributed by atoms with E-state index in [0.717, 1.165) is 12.5 Å². The maximum Gasteiger partial charge on any atom is 0.100 e. The highest BCUT2D eigenvalue weighted by Gasteiger charge is 2.20. The second kappa shape index (κ2) is 5.46. The van der Waals surface area contributed by atoms with Gasteiger partial charge in [0.25, 0.3) is 0 Å². The summed E-state index contributed by atoms with van der Waals surface area (Å²) in [5.74, 6) is 1.98. The van der Waals surface area contributed by atoms with Gasteiger partial charge in [-0.25, -0.2) is 0 Å². The van der Waals surface area contributed by atoms with Crippen LogP contribution >= 0.6 is 24.4 Å². The zero-order valence-corrected chi connectivity index (χ0v) is 10.9. The summed E-state index contributed by atoms with van der Waals surface area (Å²) in [5.41, 5.74) is 1.47. The van der Waals surface area contributed by atoms with E-state index in [0.29, 0.717) is 4.71 Å². The van der Waals surface area contributed by atoms with Gasteiger partial charge in [0.05, 0.1) is 0 Å². The summed E-state index contributed by atoms with van der Waals surface area (Å²) in [4.78, 5) is 2.46. The van der Waals surface area contributed by atoms with Gasteiger partial charge in [0.1, 0.15) is 4.71 Å². The summed E-state index contributed by atoms with van der Waals surface area (Å²) >= 11 is 6.57. The fourth-order valence-corrected chi connectivity index (χ4v) is 3.36. The van der Waals surface area contributed by atoms with Gasteiger partial charge in [-0.1, -0.05) is 25.2 Å². The highest BCUT2D eigenvalue weighted by molar-refractivity contribution is 8.10. The van der Waals surface area contributed by atoms with E-state index in [9.17, 15) is 0 Å². The van der Waals surface area contributed by atoms with Crippen molar-refractivity contribution in [2.75, 3.05) is 18.8 Å². The molecule has 1 fully saturated rings. The lowest BCUT2D eigenvalue weighted by molar-refractivity contribution is 0.324. The predicted molar refractivity (Wildman–Crippen MR) is 72.4 cm³/mol. The van der Waals surface area contributed by atoms with Crippen LogP contribution in [0.15, 0.2) is 23.8 Å². The van der Waals surface area contributed by atoms with Gasteiger partial charge in [-0.05, 0) is 30.1 Å². The van der Waals surface area contributed by atoms with Crippen molar-refractivity contribution in [3.8, 4) is 0 Å². The minimum Gasteiger partial charge on any atom is -0.279 e. The smallest absolute Gasteiger partial charge is 0.100 e. The van der Waals surface area contributed by atoms with Crippen LogP contribution in [0.1, 0.15) is 19.8 Å². The van der Waals surface area contributed by atoms with E-state index in [4.69, 9.17) is 0 Å². The van der Waals surface area contributed by atoms with E-state index in [1.807, 2.05) is 11.8 Å². The molecule has 0 bridgehead atoms. The highest BCUT2D eigenvalue weighted by Crippen LogP contribution is 2.27. The minimum atomic E-state index is 0.396. The Morgan fingerprint density at radius 3 is 3.13 bits per heavy atom. The van der Waals surface area contributed by atoms with Crippen molar-refractivity contribution in [3.05, 3.63) is 23.8 Å². The lowest BCUT2D eigenvalue weighted by Gasteiger charge is -2.32. The molecule has 84 valence electrons. The maximum atomic E-state index is 4.61. The number of thioether (sulfide) groups is 1. The molecule has 0 aromatic rings. The Hall–Kier alpha value is 0.140. The van der Waals surface area contributed by atoms with Crippen molar-refractivity contribution in [2.24, 2.45) is 5.92 Å². The zero-order chi connectivity index (χ0) is 10.7. The fraction of sp³-hybridized carbons (Fsp3) is 0.667. The highest BCUT2D eigenvalue weighted by atomic mass is 32.2. The zero-order valence-electron chi connectivity index (χ0n) is 9.22. The number of thiol groups is 1. The van der Waals surface area contributed by atoms with Crippen molar-refractivity contribution in [2.45, 2.75) is 24.5 Å². The van der Waals surface area contributed by atoms with Gasteiger partial charge in [-0.3, -0.25) is 4.90 Å². The first-order valence-corrected chi connectivity index (χ1v) is 7.23. The first-order valence-electron chi connectivity index (χ1n) is 5.66. The van der Waals surface area contributed by atoms with Gasteiger partial charge in [-0.15, -0.1) is 24.4 Å². The predicted octanol–water partition coefficient (Wildman–Crippen LogP) is 3.16. The standard InChI is InChI=1S/C12H19NS2/c1-10-3-5-11(6-4-10)9-13-7-2-8-15-12(13)14/h3,5-6,10,12,14H,2,4,7-9H2,1H3. The van der Waals surface area contributed by atoms with E-state index in [-0.39, 0.29) is 0 Å². The van der Waals surface area contributed by atoms with Crippen molar-refractivity contribution in [1.82, 2.24) is 4.90 Å². The molecule has 0 N–H and O–H groups in total. The van der Waals surface area contributed by atoms with Crippen LogP contribution in [0.25, 0.3) is 0 Å². The average Bonchev–Trinajstić information content (AvgIpc) is 2.25. The van der Waals surface area contributed by atoms with Crippen molar-refractivity contribution >= 4 is 24.4 Å². The molecule has 2 rings (SSSR count). The lowest BCUT2D eigenvalue weighted by atomic mass is 9.98. The Morgan fingerprint density at radius 1 is 1.60 bits per heavy atom. The van der Waals surface area contributed by atoms with Crippen LogP contribution in [0.3, 0.4) is 0 Å². The molecular weight excluding hydrogens is 222 g/mol. The number of allylic oxidation sites excluding steroid dienone is 2. The molecule has 1 aliphatic heterocycles. The maximum absolute atomic E-state index is 4.61. The summed E-state index contributed by atoms with van der Waals surface area (Å²) in [6.45, 7) is 4.54. The van der Waals surface area contributed by atoms with Crippen molar-refractivity contribution in [1.29, 1.82) is 0 Å². The number of hydrogen-bond acceptors (Lipinski definition) is 3. The second-order valence-electron chi connectivity index (χ2n) is 4.37. The molecule has 0 saturated carbocycles. The molecule has 2 aliphatic rings. The first kappa shape index (κ1) is 11.6.